The number of hydrogen-bond donors (Lipinski definition) is 1. The van der Waals surface area contributed by atoms with E-state index in [1.54, 1.807) is 0 Å². The van der Waals surface area contributed by atoms with Gasteiger partial charge in [0.2, 0.25) is 0 Å². The van der Waals surface area contributed by atoms with Gasteiger partial charge in [-0.25, -0.2) is 0 Å². The zero-order chi connectivity index (χ0) is 19.9. The standard InChI is InChI=1S/C20H22F3N3O2/c1-12-8-15(20(21,22)23)10-17(27)18(12)16-9-14-2-5-26(19(14)25-24-16)11-13-3-6-28-7-4-13/h8-10,13,27H,2-7,11H2,1H3. The Morgan fingerprint density at radius 2 is 1.93 bits per heavy atom. The van der Waals surface area contributed by atoms with Crippen molar-refractivity contribution in [3.63, 3.8) is 0 Å². The molecule has 0 saturated carbocycles. The average Bonchev–Trinajstić information content (AvgIpc) is 3.03. The minimum absolute atomic E-state index is 0.297. The summed E-state index contributed by atoms with van der Waals surface area (Å²) in [6, 6.07) is 3.61. The van der Waals surface area contributed by atoms with Crippen molar-refractivity contribution in [1.29, 1.82) is 0 Å². The maximum Gasteiger partial charge on any atom is 0.416 e. The van der Waals surface area contributed by atoms with Gasteiger partial charge in [0.1, 0.15) is 5.75 Å². The van der Waals surface area contributed by atoms with Gasteiger partial charge in [-0.1, -0.05) is 0 Å². The molecule has 0 atom stereocenters. The number of hydrogen-bond acceptors (Lipinski definition) is 5. The van der Waals surface area contributed by atoms with E-state index in [1.807, 2.05) is 6.07 Å². The highest BCUT2D eigenvalue weighted by Gasteiger charge is 2.32. The molecule has 0 unspecified atom stereocenters. The van der Waals surface area contributed by atoms with Crippen molar-refractivity contribution in [2.75, 3.05) is 31.2 Å². The van der Waals surface area contributed by atoms with E-state index >= 15 is 0 Å². The lowest BCUT2D eigenvalue weighted by Gasteiger charge is -2.27. The van der Waals surface area contributed by atoms with Gasteiger partial charge in [0, 0.05) is 37.4 Å². The van der Waals surface area contributed by atoms with Gasteiger partial charge in [0.05, 0.1) is 11.3 Å². The van der Waals surface area contributed by atoms with Gasteiger partial charge >= 0.3 is 6.18 Å². The smallest absolute Gasteiger partial charge is 0.416 e. The molecule has 0 aliphatic carbocycles. The average molecular weight is 393 g/mol. The molecule has 1 aromatic carbocycles. The first-order valence-corrected chi connectivity index (χ1v) is 9.43. The van der Waals surface area contributed by atoms with Crippen LogP contribution in [0.3, 0.4) is 0 Å². The molecular weight excluding hydrogens is 371 g/mol. The first-order valence-electron chi connectivity index (χ1n) is 9.43. The van der Waals surface area contributed by atoms with Crippen molar-refractivity contribution in [2.24, 2.45) is 5.92 Å². The fraction of sp³-hybridized carbons (Fsp3) is 0.500. The zero-order valence-corrected chi connectivity index (χ0v) is 15.6. The number of fused-ring (bicyclic) bond motifs is 1. The number of phenolic OH excluding ortho intramolecular Hbond substituents is 1. The first-order chi connectivity index (χ1) is 13.3. The maximum atomic E-state index is 12.9. The molecule has 4 rings (SSSR count). The second-order valence-electron chi connectivity index (χ2n) is 7.52. The number of rotatable bonds is 3. The van der Waals surface area contributed by atoms with Crippen molar-refractivity contribution in [3.8, 4) is 17.0 Å². The van der Waals surface area contributed by atoms with Gasteiger partial charge in [0.15, 0.2) is 5.82 Å². The molecule has 5 nitrogen and oxygen atoms in total. The maximum absolute atomic E-state index is 12.9. The molecular formula is C20H22F3N3O2. The molecule has 0 radical (unpaired) electrons. The summed E-state index contributed by atoms with van der Waals surface area (Å²) < 4.78 is 44.2. The van der Waals surface area contributed by atoms with E-state index < -0.39 is 17.5 Å². The van der Waals surface area contributed by atoms with Crippen molar-refractivity contribution in [1.82, 2.24) is 10.2 Å². The van der Waals surface area contributed by atoms with Crippen LogP contribution in [0.15, 0.2) is 18.2 Å². The van der Waals surface area contributed by atoms with Gasteiger partial charge < -0.3 is 14.7 Å². The number of benzene rings is 1. The van der Waals surface area contributed by atoms with Crippen LogP contribution in [-0.2, 0) is 17.3 Å². The van der Waals surface area contributed by atoms with Crippen LogP contribution >= 0.6 is 0 Å². The molecule has 1 fully saturated rings. The minimum Gasteiger partial charge on any atom is -0.507 e. The van der Waals surface area contributed by atoms with Crippen LogP contribution in [0, 0.1) is 12.8 Å². The topological polar surface area (TPSA) is 58.5 Å². The predicted molar refractivity (Wildman–Crippen MR) is 98.3 cm³/mol. The molecule has 1 N–H and O–H groups in total. The van der Waals surface area contributed by atoms with Crippen LogP contribution in [0.2, 0.25) is 0 Å². The monoisotopic (exact) mass is 393 g/mol. The summed E-state index contributed by atoms with van der Waals surface area (Å²) in [7, 11) is 0. The predicted octanol–water partition coefficient (Wildman–Crippen LogP) is 3.97. The Balaban J connectivity index is 1.60. The molecule has 2 aliphatic heterocycles. The van der Waals surface area contributed by atoms with Crippen LogP contribution in [0.1, 0.15) is 29.5 Å². The highest BCUT2D eigenvalue weighted by Crippen LogP contribution is 2.39. The summed E-state index contributed by atoms with van der Waals surface area (Å²) in [4.78, 5) is 2.22. The molecule has 0 amide bonds. The third-order valence-corrected chi connectivity index (χ3v) is 5.52. The van der Waals surface area contributed by atoms with E-state index in [-0.39, 0.29) is 0 Å². The number of aromatic hydroxyl groups is 1. The lowest BCUT2D eigenvalue weighted by Crippen LogP contribution is -2.31. The van der Waals surface area contributed by atoms with E-state index in [9.17, 15) is 18.3 Å². The number of aromatic nitrogens is 2. The fourth-order valence-electron chi connectivity index (χ4n) is 4.04. The second-order valence-corrected chi connectivity index (χ2v) is 7.52. The summed E-state index contributed by atoms with van der Waals surface area (Å²) in [5.74, 6) is 0.973. The van der Waals surface area contributed by atoms with E-state index in [2.05, 4.69) is 15.1 Å². The third-order valence-electron chi connectivity index (χ3n) is 5.52. The number of ether oxygens (including phenoxy) is 1. The lowest BCUT2D eigenvalue weighted by atomic mass is 9.99. The van der Waals surface area contributed by atoms with E-state index in [0.29, 0.717) is 22.7 Å². The lowest BCUT2D eigenvalue weighted by molar-refractivity contribution is -0.137. The van der Waals surface area contributed by atoms with Gasteiger partial charge in [-0.3, -0.25) is 0 Å². The Bertz CT molecular complexity index is 856. The number of alkyl halides is 3. The van der Waals surface area contributed by atoms with E-state index in [0.717, 1.165) is 69.1 Å². The minimum atomic E-state index is -4.50. The van der Waals surface area contributed by atoms with Gasteiger partial charge in [-0.05, 0) is 55.9 Å². The van der Waals surface area contributed by atoms with Crippen LogP contribution in [-0.4, -0.2) is 41.6 Å². The molecule has 0 bridgehead atoms. The molecule has 28 heavy (non-hydrogen) atoms. The van der Waals surface area contributed by atoms with Crippen LogP contribution < -0.4 is 4.90 Å². The SMILES string of the molecule is Cc1cc(C(F)(F)F)cc(O)c1-c1cc2c(nn1)N(CC1CCOCC1)CC2. The Hall–Kier alpha value is -2.35. The molecule has 3 heterocycles. The van der Waals surface area contributed by atoms with Crippen molar-refractivity contribution in [2.45, 2.75) is 32.4 Å². The first kappa shape index (κ1) is 19.0. The Labute approximate surface area is 161 Å². The molecule has 1 saturated heterocycles. The Morgan fingerprint density at radius 3 is 2.61 bits per heavy atom. The quantitative estimate of drug-likeness (QED) is 0.855. The second kappa shape index (κ2) is 7.24. The fourth-order valence-corrected chi connectivity index (χ4v) is 4.04. The Kier molecular flexibility index (Phi) is 4.91. The van der Waals surface area contributed by atoms with Crippen LogP contribution in [0.5, 0.6) is 5.75 Å². The highest BCUT2D eigenvalue weighted by atomic mass is 19.4. The van der Waals surface area contributed by atoms with Crippen LogP contribution in [0.25, 0.3) is 11.3 Å². The third kappa shape index (κ3) is 3.65. The molecule has 2 aliphatic rings. The molecule has 2 aromatic rings. The largest absolute Gasteiger partial charge is 0.507 e. The zero-order valence-electron chi connectivity index (χ0n) is 15.6. The highest BCUT2D eigenvalue weighted by molar-refractivity contribution is 5.73. The molecule has 150 valence electrons. The number of nitrogens with zero attached hydrogens (tertiary/aromatic N) is 3. The normalized spacial score (nSPS) is 17.8. The van der Waals surface area contributed by atoms with Crippen molar-refractivity contribution in [3.05, 3.63) is 34.9 Å². The summed E-state index contributed by atoms with van der Waals surface area (Å²) >= 11 is 0. The summed E-state index contributed by atoms with van der Waals surface area (Å²) in [5, 5.41) is 18.8. The molecule has 1 aromatic heterocycles. The molecule has 8 heteroatoms. The summed E-state index contributed by atoms with van der Waals surface area (Å²) in [6.07, 6.45) is -1.62. The summed E-state index contributed by atoms with van der Waals surface area (Å²) in [5.41, 5.74) is 1.15. The number of aryl methyl sites for hydroxylation is 1. The van der Waals surface area contributed by atoms with Gasteiger partial charge in [-0.15, -0.1) is 10.2 Å². The van der Waals surface area contributed by atoms with Crippen LogP contribution in [0.4, 0.5) is 19.0 Å². The van der Waals surface area contributed by atoms with E-state index in [1.165, 1.54) is 6.92 Å². The van der Waals surface area contributed by atoms with E-state index in [4.69, 9.17) is 4.74 Å². The van der Waals surface area contributed by atoms with Crippen molar-refractivity contribution >= 4 is 5.82 Å². The van der Waals surface area contributed by atoms with Gasteiger partial charge in [-0.2, -0.15) is 13.2 Å². The number of halogens is 3. The molecule has 0 spiro atoms. The van der Waals surface area contributed by atoms with Gasteiger partial charge in [0.25, 0.3) is 0 Å². The number of anilines is 1. The van der Waals surface area contributed by atoms with Crippen molar-refractivity contribution < 1.29 is 23.0 Å². The Morgan fingerprint density at radius 1 is 1.18 bits per heavy atom. The number of phenols is 1. The summed E-state index contributed by atoms with van der Waals surface area (Å²) in [6.45, 7) is 4.89.